The van der Waals surface area contributed by atoms with E-state index in [0.29, 0.717) is 30.7 Å². The number of nitrogens with two attached hydrogens (primary N) is 1. The maximum atomic E-state index is 11.9. The molecule has 3 rings (SSSR count). The summed E-state index contributed by atoms with van der Waals surface area (Å²) >= 11 is 0. The van der Waals surface area contributed by atoms with Crippen LogP contribution >= 0.6 is 0 Å². The Balaban J connectivity index is 1.67. The molecule has 0 aliphatic rings. The molecule has 3 aromatic carbocycles. The highest BCUT2D eigenvalue weighted by atomic mass is 16.5. The Kier molecular flexibility index (Phi) is 10.5. The third-order valence-corrected chi connectivity index (χ3v) is 6.47. The molecule has 1 unspecified atom stereocenters. The summed E-state index contributed by atoms with van der Waals surface area (Å²) in [4.78, 5) is 11.9. The highest BCUT2D eigenvalue weighted by molar-refractivity contribution is 5.75. The zero-order chi connectivity index (χ0) is 26.8. The number of amides is 1. The molecule has 0 radical (unpaired) electrons. The van der Waals surface area contributed by atoms with Crippen molar-refractivity contribution in [3.8, 4) is 11.5 Å². The number of nitrogens with one attached hydrogen (secondary N) is 1. The first kappa shape index (κ1) is 28.2. The lowest BCUT2D eigenvalue weighted by molar-refractivity contribution is -0.118. The molecule has 0 fully saturated rings. The van der Waals surface area contributed by atoms with Crippen LogP contribution < -0.4 is 15.8 Å². The van der Waals surface area contributed by atoms with Crippen LogP contribution in [0.1, 0.15) is 60.1 Å². The SMILES string of the molecule is CCOc1ccccc1CC(CC(N)=O)c1cccc(C[C@@H](C)NC[C@H](O)c2ccc(O)c(CO)c2)c1. The molecule has 0 saturated carbocycles. The summed E-state index contributed by atoms with van der Waals surface area (Å²) in [5.74, 6) is 0.425. The molecule has 6 N–H and O–H groups in total. The standard InChI is InChI=1S/C30H38N2O5/c1-3-37-29-10-5-4-8-24(29)16-25(17-30(31)36)22-9-6-7-21(14-22)13-20(2)32-18-28(35)23-11-12-27(34)26(15-23)19-33/h4-12,14-15,20,25,28,32-35H,3,13,16-19H2,1-2H3,(H2,31,36)/t20-,25?,28+/m1/s1. The van der Waals surface area contributed by atoms with Crippen LogP contribution in [0.5, 0.6) is 11.5 Å². The number of carbonyl (C=O) groups excluding carboxylic acids is 1. The minimum atomic E-state index is -0.773. The monoisotopic (exact) mass is 506 g/mol. The lowest BCUT2D eigenvalue weighted by Crippen LogP contribution is -2.32. The Morgan fingerprint density at radius 3 is 2.51 bits per heavy atom. The van der Waals surface area contributed by atoms with E-state index in [0.717, 1.165) is 28.9 Å². The molecule has 7 nitrogen and oxygen atoms in total. The number of aliphatic hydroxyl groups is 2. The summed E-state index contributed by atoms with van der Waals surface area (Å²) in [5.41, 5.74) is 9.84. The Bertz CT molecular complexity index is 1170. The number of hydrogen-bond acceptors (Lipinski definition) is 6. The van der Waals surface area contributed by atoms with Gasteiger partial charge in [-0.2, -0.15) is 0 Å². The lowest BCUT2D eigenvalue weighted by Gasteiger charge is -2.21. The van der Waals surface area contributed by atoms with Crippen molar-refractivity contribution in [2.45, 2.75) is 57.8 Å². The van der Waals surface area contributed by atoms with Gasteiger partial charge in [0.2, 0.25) is 5.91 Å². The van der Waals surface area contributed by atoms with Gasteiger partial charge in [0.1, 0.15) is 11.5 Å². The fourth-order valence-corrected chi connectivity index (χ4v) is 4.55. The van der Waals surface area contributed by atoms with E-state index in [2.05, 4.69) is 24.4 Å². The number of aliphatic hydroxyl groups excluding tert-OH is 2. The number of rotatable bonds is 14. The van der Waals surface area contributed by atoms with Gasteiger partial charge in [0.15, 0.2) is 0 Å². The Hall–Kier alpha value is -3.39. The molecule has 0 bridgehead atoms. The first-order chi connectivity index (χ1) is 17.8. The molecular weight excluding hydrogens is 468 g/mol. The third-order valence-electron chi connectivity index (χ3n) is 6.47. The molecular formula is C30H38N2O5. The second-order valence-corrected chi connectivity index (χ2v) is 9.43. The van der Waals surface area contributed by atoms with Crippen LogP contribution in [0.4, 0.5) is 0 Å². The highest BCUT2D eigenvalue weighted by Gasteiger charge is 2.19. The van der Waals surface area contributed by atoms with Crippen molar-refractivity contribution in [3.05, 3.63) is 94.5 Å². The molecule has 0 spiro atoms. The molecule has 1 amide bonds. The van der Waals surface area contributed by atoms with Gasteiger partial charge in [-0.05, 0) is 73.1 Å². The number of ether oxygens (including phenoxy) is 1. The molecule has 0 aliphatic carbocycles. The van der Waals surface area contributed by atoms with Gasteiger partial charge in [-0.1, -0.05) is 48.5 Å². The van der Waals surface area contributed by atoms with E-state index in [4.69, 9.17) is 10.5 Å². The number of para-hydroxylation sites is 1. The van der Waals surface area contributed by atoms with Crippen molar-refractivity contribution >= 4 is 5.91 Å². The van der Waals surface area contributed by atoms with Gasteiger partial charge in [-0.25, -0.2) is 0 Å². The van der Waals surface area contributed by atoms with Crippen LogP contribution in [0, 0.1) is 0 Å². The van der Waals surface area contributed by atoms with Gasteiger partial charge in [0.25, 0.3) is 0 Å². The predicted octanol–water partition coefficient (Wildman–Crippen LogP) is 3.74. The maximum absolute atomic E-state index is 11.9. The van der Waals surface area contributed by atoms with Gasteiger partial charge in [0, 0.05) is 24.6 Å². The summed E-state index contributed by atoms with van der Waals surface area (Å²) in [6.07, 6.45) is 0.846. The van der Waals surface area contributed by atoms with Gasteiger partial charge in [0.05, 0.1) is 19.3 Å². The van der Waals surface area contributed by atoms with Crippen molar-refractivity contribution < 1.29 is 24.9 Å². The molecule has 0 heterocycles. The second kappa shape index (κ2) is 13.8. The van der Waals surface area contributed by atoms with Gasteiger partial charge in [-0.3, -0.25) is 4.79 Å². The van der Waals surface area contributed by atoms with E-state index in [1.807, 2.05) is 43.3 Å². The maximum Gasteiger partial charge on any atom is 0.218 e. The predicted molar refractivity (Wildman–Crippen MR) is 144 cm³/mol. The van der Waals surface area contributed by atoms with Crippen molar-refractivity contribution in [2.24, 2.45) is 5.73 Å². The zero-order valence-corrected chi connectivity index (χ0v) is 21.6. The minimum absolute atomic E-state index is 0.00989. The largest absolute Gasteiger partial charge is 0.508 e. The van der Waals surface area contributed by atoms with Gasteiger partial charge < -0.3 is 31.1 Å². The summed E-state index contributed by atoms with van der Waals surface area (Å²) in [5, 5.41) is 33.0. The molecule has 7 heteroatoms. The van der Waals surface area contributed by atoms with Crippen molar-refractivity contribution in [3.63, 3.8) is 0 Å². The highest BCUT2D eigenvalue weighted by Crippen LogP contribution is 2.30. The zero-order valence-electron chi connectivity index (χ0n) is 21.6. The van der Waals surface area contributed by atoms with Crippen molar-refractivity contribution in [1.82, 2.24) is 5.32 Å². The summed E-state index contributed by atoms with van der Waals surface area (Å²) in [7, 11) is 0. The Morgan fingerprint density at radius 2 is 1.78 bits per heavy atom. The van der Waals surface area contributed by atoms with Crippen molar-refractivity contribution in [2.75, 3.05) is 13.2 Å². The quantitative estimate of drug-likeness (QED) is 0.227. The Labute approximate surface area is 218 Å². The number of primary amides is 1. The van der Waals surface area contributed by atoms with Gasteiger partial charge >= 0.3 is 0 Å². The van der Waals surface area contributed by atoms with Crippen LogP contribution in [0.15, 0.2) is 66.7 Å². The fourth-order valence-electron chi connectivity index (χ4n) is 4.55. The van der Waals surface area contributed by atoms with E-state index in [1.54, 1.807) is 12.1 Å². The van der Waals surface area contributed by atoms with Crippen LogP contribution in [0.3, 0.4) is 0 Å². The van der Waals surface area contributed by atoms with E-state index < -0.39 is 6.10 Å². The molecule has 0 aromatic heterocycles. The topological polar surface area (TPSA) is 125 Å². The molecule has 0 aliphatic heterocycles. The van der Waals surface area contributed by atoms with E-state index in [-0.39, 0.29) is 36.6 Å². The number of aromatic hydroxyl groups is 1. The van der Waals surface area contributed by atoms with Crippen LogP contribution in [0.2, 0.25) is 0 Å². The van der Waals surface area contributed by atoms with Crippen LogP contribution in [-0.2, 0) is 24.2 Å². The molecule has 3 atom stereocenters. The average molecular weight is 507 g/mol. The summed E-state index contributed by atoms with van der Waals surface area (Å²) < 4.78 is 5.78. The van der Waals surface area contributed by atoms with Gasteiger partial charge in [-0.15, -0.1) is 0 Å². The van der Waals surface area contributed by atoms with Crippen LogP contribution in [-0.4, -0.2) is 40.4 Å². The molecule has 198 valence electrons. The smallest absolute Gasteiger partial charge is 0.218 e. The third kappa shape index (κ3) is 8.32. The lowest BCUT2D eigenvalue weighted by atomic mass is 9.87. The molecule has 0 saturated heterocycles. The first-order valence-corrected chi connectivity index (χ1v) is 12.7. The molecule has 37 heavy (non-hydrogen) atoms. The Morgan fingerprint density at radius 1 is 1.00 bits per heavy atom. The van der Waals surface area contributed by atoms with Crippen LogP contribution in [0.25, 0.3) is 0 Å². The fraction of sp³-hybridized carbons (Fsp3) is 0.367. The van der Waals surface area contributed by atoms with E-state index in [9.17, 15) is 20.1 Å². The summed E-state index contributed by atoms with van der Waals surface area (Å²) in [6, 6.07) is 20.9. The van der Waals surface area contributed by atoms with E-state index >= 15 is 0 Å². The van der Waals surface area contributed by atoms with E-state index in [1.165, 1.54) is 6.07 Å². The van der Waals surface area contributed by atoms with Crippen molar-refractivity contribution in [1.29, 1.82) is 0 Å². The normalized spacial score (nSPS) is 13.6. The summed E-state index contributed by atoms with van der Waals surface area (Å²) in [6.45, 7) is 4.61. The number of hydrogen-bond donors (Lipinski definition) is 5. The molecule has 3 aromatic rings. The number of benzene rings is 3. The second-order valence-electron chi connectivity index (χ2n) is 9.43. The first-order valence-electron chi connectivity index (χ1n) is 12.7. The minimum Gasteiger partial charge on any atom is -0.508 e. The average Bonchev–Trinajstić information content (AvgIpc) is 2.88. The number of phenols is 1. The number of carbonyl (C=O) groups is 1.